The largest absolute Gasteiger partial charge is 0.314 e. The molecule has 2 heterocycles. The second kappa shape index (κ2) is 6.32. The Hall–Kier alpha value is -1.50. The summed E-state index contributed by atoms with van der Waals surface area (Å²) in [5.41, 5.74) is 0. The molecular formula is C16H21N3O2S. The third-order valence-corrected chi connectivity index (χ3v) is 6.16. The minimum Gasteiger partial charge on any atom is -0.314 e. The Kier molecular flexibility index (Phi) is 4.42. The van der Waals surface area contributed by atoms with Crippen LogP contribution in [0.2, 0.25) is 0 Å². The number of sulfonamides is 1. The highest BCUT2D eigenvalue weighted by Gasteiger charge is 2.30. The minimum atomic E-state index is -3.45. The summed E-state index contributed by atoms with van der Waals surface area (Å²) in [4.78, 5) is 4.45. The fraction of sp³-hybridized carbons (Fsp3) is 0.438. The van der Waals surface area contributed by atoms with Gasteiger partial charge >= 0.3 is 0 Å². The smallest absolute Gasteiger partial charge is 0.243 e. The van der Waals surface area contributed by atoms with Gasteiger partial charge in [0.05, 0.1) is 4.90 Å². The fourth-order valence-corrected chi connectivity index (χ4v) is 4.73. The molecule has 5 nitrogen and oxygen atoms in total. The molecule has 3 rings (SSSR count). The van der Waals surface area contributed by atoms with Crippen molar-refractivity contribution in [1.82, 2.24) is 14.6 Å². The Bertz CT molecular complexity index is 748. The predicted molar refractivity (Wildman–Crippen MR) is 87.2 cm³/mol. The van der Waals surface area contributed by atoms with Crippen LogP contribution in [0.5, 0.6) is 0 Å². The van der Waals surface area contributed by atoms with Crippen LogP contribution in [-0.2, 0) is 10.0 Å². The van der Waals surface area contributed by atoms with Crippen LogP contribution in [0, 0.1) is 0 Å². The molecule has 1 aliphatic heterocycles. The lowest BCUT2D eigenvalue weighted by Gasteiger charge is -2.31. The zero-order valence-electron chi connectivity index (χ0n) is 12.7. The van der Waals surface area contributed by atoms with Crippen LogP contribution in [0.15, 0.2) is 41.6 Å². The third kappa shape index (κ3) is 2.86. The zero-order valence-corrected chi connectivity index (χ0v) is 13.5. The molecule has 6 heteroatoms. The Morgan fingerprint density at radius 1 is 1.27 bits per heavy atom. The van der Waals surface area contributed by atoms with Crippen molar-refractivity contribution in [3.8, 4) is 0 Å². The van der Waals surface area contributed by atoms with Crippen molar-refractivity contribution in [2.75, 3.05) is 19.6 Å². The number of piperidine rings is 1. The lowest BCUT2D eigenvalue weighted by molar-refractivity contribution is 0.292. The van der Waals surface area contributed by atoms with Crippen molar-refractivity contribution in [2.24, 2.45) is 0 Å². The van der Waals surface area contributed by atoms with Gasteiger partial charge in [0.15, 0.2) is 0 Å². The van der Waals surface area contributed by atoms with E-state index in [0.717, 1.165) is 30.2 Å². The molecule has 1 N–H and O–H groups in total. The molecule has 118 valence electrons. The van der Waals surface area contributed by atoms with E-state index in [1.807, 2.05) is 6.07 Å². The molecule has 0 spiro atoms. The quantitative estimate of drug-likeness (QED) is 0.936. The molecule has 0 atom stereocenters. The third-order valence-electron chi connectivity index (χ3n) is 4.21. The summed E-state index contributed by atoms with van der Waals surface area (Å²) in [6.07, 6.45) is 5.06. The van der Waals surface area contributed by atoms with Crippen LogP contribution in [0.25, 0.3) is 10.8 Å². The van der Waals surface area contributed by atoms with Crippen LogP contribution in [0.3, 0.4) is 0 Å². The van der Waals surface area contributed by atoms with Gasteiger partial charge in [0.1, 0.15) is 0 Å². The van der Waals surface area contributed by atoms with E-state index in [-0.39, 0.29) is 0 Å². The SMILES string of the molecule is CCNC1CCN(S(=O)(=O)c2cccc3cnccc23)CC1. The van der Waals surface area contributed by atoms with E-state index >= 15 is 0 Å². The highest BCUT2D eigenvalue weighted by atomic mass is 32.2. The average molecular weight is 319 g/mol. The van der Waals surface area contributed by atoms with E-state index in [4.69, 9.17) is 0 Å². The van der Waals surface area contributed by atoms with Gasteiger partial charge in [0, 0.05) is 42.3 Å². The van der Waals surface area contributed by atoms with Crippen LogP contribution in [0.1, 0.15) is 19.8 Å². The van der Waals surface area contributed by atoms with Crippen molar-refractivity contribution >= 4 is 20.8 Å². The Balaban J connectivity index is 1.90. The number of benzene rings is 1. The van der Waals surface area contributed by atoms with Gasteiger partial charge in [-0.2, -0.15) is 4.31 Å². The molecule has 1 saturated heterocycles. The van der Waals surface area contributed by atoms with Crippen molar-refractivity contribution in [3.63, 3.8) is 0 Å². The number of rotatable bonds is 4. The zero-order chi connectivity index (χ0) is 15.6. The monoisotopic (exact) mass is 319 g/mol. The molecule has 1 aliphatic rings. The highest BCUT2D eigenvalue weighted by molar-refractivity contribution is 7.89. The summed E-state index contributed by atoms with van der Waals surface area (Å²) in [5.74, 6) is 0. The number of pyridine rings is 1. The molecule has 0 bridgehead atoms. The molecule has 1 aromatic heterocycles. The van der Waals surface area contributed by atoms with Crippen molar-refractivity contribution in [1.29, 1.82) is 0 Å². The molecule has 0 aliphatic carbocycles. The predicted octanol–water partition coefficient (Wildman–Crippen LogP) is 2.00. The van der Waals surface area contributed by atoms with E-state index in [9.17, 15) is 8.42 Å². The number of hydrogen-bond acceptors (Lipinski definition) is 4. The maximum atomic E-state index is 13.0. The average Bonchev–Trinajstić information content (AvgIpc) is 2.55. The van der Waals surface area contributed by atoms with E-state index < -0.39 is 10.0 Å². The Morgan fingerprint density at radius 2 is 2.05 bits per heavy atom. The van der Waals surface area contributed by atoms with Gasteiger partial charge in [0.25, 0.3) is 0 Å². The minimum absolute atomic E-state index is 0.384. The van der Waals surface area contributed by atoms with Gasteiger partial charge in [-0.25, -0.2) is 8.42 Å². The Labute approximate surface area is 131 Å². The summed E-state index contributed by atoms with van der Waals surface area (Å²) >= 11 is 0. The molecule has 1 aromatic carbocycles. The van der Waals surface area contributed by atoms with Gasteiger partial charge < -0.3 is 5.32 Å². The summed E-state index contributed by atoms with van der Waals surface area (Å²) in [5, 5.41) is 4.99. The van der Waals surface area contributed by atoms with Gasteiger partial charge in [0.2, 0.25) is 10.0 Å². The molecule has 22 heavy (non-hydrogen) atoms. The maximum absolute atomic E-state index is 13.0. The highest BCUT2D eigenvalue weighted by Crippen LogP contribution is 2.27. The normalized spacial score (nSPS) is 17.9. The van der Waals surface area contributed by atoms with Crippen LogP contribution in [0.4, 0.5) is 0 Å². The van der Waals surface area contributed by atoms with Crippen LogP contribution < -0.4 is 5.32 Å². The van der Waals surface area contributed by atoms with Crippen molar-refractivity contribution in [2.45, 2.75) is 30.7 Å². The molecule has 0 radical (unpaired) electrons. The second-order valence-corrected chi connectivity index (χ2v) is 7.50. The first-order chi connectivity index (χ1) is 10.6. The number of fused-ring (bicyclic) bond motifs is 1. The first kappa shape index (κ1) is 15.4. The maximum Gasteiger partial charge on any atom is 0.243 e. The molecule has 2 aromatic rings. The topological polar surface area (TPSA) is 62.3 Å². The van der Waals surface area contributed by atoms with Crippen LogP contribution >= 0.6 is 0 Å². The lowest BCUT2D eigenvalue weighted by Crippen LogP contribution is -2.44. The fourth-order valence-electron chi connectivity index (χ4n) is 3.05. The summed E-state index contributed by atoms with van der Waals surface area (Å²) in [6.45, 7) is 4.14. The van der Waals surface area contributed by atoms with Crippen molar-refractivity contribution in [3.05, 3.63) is 36.7 Å². The van der Waals surface area contributed by atoms with Gasteiger partial charge in [-0.15, -0.1) is 0 Å². The molecule has 1 fully saturated rings. The summed E-state index contributed by atoms with van der Waals surface area (Å²) in [6, 6.07) is 7.55. The lowest BCUT2D eigenvalue weighted by atomic mass is 10.1. The molecule has 0 amide bonds. The standard InChI is InChI=1S/C16H21N3O2S/c1-2-18-14-7-10-19(11-8-14)22(20,21)16-5-3-4-13-12-17-9-6-15(13)16/h3-6,9,12,14,18H,2,7-8,10-11H2,1H3. The van der Waals surface area contributed by atoms with Crippen LogP contribution in [-0.4, -0.2) is 43.4 Å². The van der Waals surface area contributed by atoms with E-state index in [1.165, 1.54) is 0 Å². The Morgan fingerprint density at radius 3 is 2.77 bits per heavy atom. The second-order valence-electron chi connectivity index (χ2n) is 5.59. The summed E-state index contributed by atoms with van der Waals surface area (Å²) < 4.78 is 27.5. The van der Waals surface area contributed by atoms with Crippen molar-refractivity contribution < 1.29 is 8.42 Å². The van der Waals surface area contributed by atoms with Gasteiger partial charge in [-0.05, 0) is 31.5 Å². The number of nitrogens with one attached hydrogen (secondary N) is 1. The number of nitrogens with zero attached hydrogens (tertiary/aromatic N) is 2. The first-order valence-corrected chi connectivity index (χ1v) is 9.13. The van der Waals surface area contributed by atoms with Gasteiger partial charge in [-0.1, -0.05) is 19.1 Å². The molecule has 0 saturated carbocycles. The first-order valence-electron chi connectivity index (χ1n) is 7.69. The summed E-state index contributed by atoms with van der Waals surface area (Å²) in [7, 11) is -3.45. The van der Waals surface area contributed by atoms with E-state index in [1.54, 1.807) is 34.9 Å². The number of aromatic nitrogens is 1. The van der Waals surface area contributed by atoms with Gasteiger partial charge in [-0.3, -0.25) is 4.98 Å². The van der Waals surface area contributed by atoms with E-state index in [2.05, 4.69) is 17.2 Å². The number of hydrogen-bond donors (Lipinski definition) is 1. The van der Waals surface area contributed by atoms with E-state index in [0.29, 0.717) is 24.0 Å². The molecule has 0 unspecified atom stereocenters. The molecular weight excluding hydrogens is 298 g/mol.